The molecule has 0 saturated carbocycles. The van der Waals surface area contributed by atoms with Crippen LogP contribution < -0.4 is 5.32 Å². The van der Waals surface area contributed by atoms with Gasteiger partial charge in [-0.2, -0.15) is 0 Å². The Kier molecular flexibility index (Phi) is 6.54. The van der Waals surface area contributed by atoms with Crippen molar-refractivity contribution in [2.24, 2.45) is 5.41 Å². The second-order valence-electron chi connectivity index (χ2n) is 5.53. The molecule has 2 nitrogen and oxygen atoms in total. The zero-order valence-electron chi connectivity index (χ0n) is 11.3. The van der Waals surface area contributed by atoms with Crippen LogP contribution in [0.2, 0.25) is 0 Å². The van der Waals surface area contributed by atoms with Gasteiger partial charge in [0.1, 0.15) is 0 Å². The van der Waals surface area contributed by atoms with Gasteiger partial charge in [0.25, 0.3) is 5.91 Å². The van der Waals surface area contributed by atoms with Gasteiger partial charge in [0, 0.05) is 25.9 Å². The van der Waals surface area contributed by atoms with Crippen molar-refractivity contribution in [2.45, 2.75) is 33.2 Å². The smallest absolute Gasteiger partial charge is 0.251 e. The zero-order chi connectivity index (χ0) is 14.6. The summed E-state index contributed by atoms with van der Waals surface area (Å²) in [6.07, 6.45) is 0.907. The predicted octanol–water partition coefficient (Wildman–Crippen LogP) is 5.14. The van der Waals surface area contributed by atoms with E-state index in [2.05, 4.69) is 73.9 Å². The van der Waals surface area contributed by atoms with Crippen molar-refractivity contribution in [2.75, 3.05) is 5.33 Å². The highest BCUT2D eigenvalue weighted by Gasteiger charge is 2.26. The van der Waals surface area contributed by atoms with Crippen LogP contribution in [0.4, 0.5) is 0 Å². The number of amides is 1. The third-order valence-corrected chi connectivity index (χ3v) is 4.25. The Labute approximate surface area is 140 Å². The minimum Gasteiger partial charge on any atom is -0.349 e. The maximum absolute atomic E-state index is 12.3. The molecule has 1 atom stereocenters. The topological polar surface area (TPSA) is 29.1 Å². The summed E-state index contributed by atoms with van der Waals surface area (Å²) in [5.41, 5.74) is 0.692. The zero-order valence-corrected chi connectivity index (χ0v) is 16.0. The van der Waals surface area contributed by atoms with Crippen LogP contribution in [0, 0.1) is 5.41 Å². The van der Waals surface area contributed by atoms with E-state index < -0.39 is 0 Å². The van der Waals surface area contributed by atoms with E-state index in [1.807, 2.05) is 18.2 Å². The molecule has 5 heteroatoms. The fourth-order valence-electron chi connectivity index (χ4n) is 1.76. The van der Waals surface area contributed by atoms with Gasteiger partial charge < -0.3 is 5.32 Å². The number of nitrogens with one attached hydrogen (secondary N) is 1. The second kappa shape index (κ2) is 7.23. The summed E-state index contributed by atoms with van der Waals surface area (Å²) in [7, 11) is 0. The van der Waals surface area contributed by atoms with Crippen LogP contribution in [0.1, 0.15) is 37.6 Å². The lowest BCUT2D eigenvalue weighted by atomic mass is 9.85. The maximum atomic E-state index is 12.3. The number of rotatable bonds is 4. The van der Waals surface area contributed by atoms with E-state index >= 15 is 0 Å². The summed E-state index contributed by atoms with van der Waals surface area (Å²) in [5, 5.41) is 3.99. The van der Waals surface area contributed by atoms with Gasteiger partial charge >= 0.3 is 0 Å². The Morgan fingerprint density at radius 2 is 1.74 bits per heavy atom. The molecule has 0 heterocycles. The van der Waals surface area contributed by atoms with Crippen molar-refractivity contribution in [1.82, 2.24) is 5.32 Å². The average Bonchev–Trinajstić information content (AvgIpc) is 2.25. The Morgan fingerprint density at radius 3 is 2.16 bits per heavy atom. The molecule has 1 rings (SSSR count). The summed E-state index contributed by atoms with van der Waals surface area (Å²) < 4.78 is 1.78. The van der Waals surface area contributed by atoms with Crippen molar-refractivity contribution in [3.63, 3.8) is 0 Å². The summed E-state index contributed by atoms with van der Waals surface area (Å²) in [4.78, 5) is 12.3. The molecule has 1 aromatic rings. The summed E-state index contributed by atoms with van der Waals surface area (Å²) in [6, 6.07) is 5.70. The number of hydrogen-bond acceptors (Lipinski definition) is 1. The van der Waals surface area contributed by atoms with Crippen LogP contribution in [-0.4, -0.2) is 17.3 Å². The van der Waals surface area contributed by atoms with Gasteiger partial charge in [0.05, 0.1) is 0 Å². The molecule has 0 fully saturated rings. The highest BCUT2D eigenvalue weighted by molar-refractivity contribution is 9.11. The highest BCUT2D eigenvalue weighted by Crippen LogP contribution is 2.24. The van der Waals surface area contributed by atoms with Crippen LogP contribution in [0.3, 0.4) is 0 Å². The monoisotopic (exact) mass is 453 g/mol. The lowest BCUT2D eigenvalue weighted by Gasteiger charge is -2.31. The quantitative estimate of drug-likeness (QED) is 0.625. The third-order valence-electron chi connectivity index (χ3n) is 2.87. The van der Waals surface area contributed by atoms with E-state index in [0.29, 0.717) is 5.56 Å². The molecule has 1 aromatic carbocycles. The van der Waals surface area contributed by atoms with Crippen LogP contribution in [-0.2, 0) is 0 Å². The largest absolute Gasteiger partial charge is 0.349 e. The second-order valence-corrected chi connectivity index (χ2v) is 8.15. The summed E-state index contributed by atoms with van der Waals surface area (Å²) >= 11 is 10.2. The van der Waals surface area contributed by atoms with E-state index in [-0.39, 0.29) is 17.4 Å². The van der Waals surface area contributed by atoms with Gasteiger partial charge in [-0.25, -0.2) is 0 Å². The first-order valence-electron chi connectivity index (χ1n) is 6.07. The molecular weight excluding hydrogens is 438 g/mol. The molecule has 19 heavy (non-hydrogen) atoms. The Morgan fingerprint density at radius 1 is 1.21 bits per heavy atom. The van der Waals surface area contributed by atoms with Crippen molar-refractivity contribution in [3.05, 3.63) is 32.7 Å². The van der Waals surface area contributed by atoms with Crippen molar-refractivity contribution in [1.29, 1.82) is 0 Å². The highest BCUT2D eigenvalue weighted by atomic mass is 79.9. The normalized spacial score (nSPS) is 13.2. The molecule has 0 aliphatic carbocycles. The number of carbonyl (C=O) groups excluding carboxylic acids is 1. The van der Waals surface area contributed by atoms with Gasteiger partial charge in [0.15, 0.2) is 0 Å². The number of hydrogen-bond donors (Lipinski definition) is 1. The van der Waals surface area contributed by atoms with E-state index in [9.17, 15) is 4.79 Å². The molecule has 0 radical (unpaired) electrons. The molecule has 0 spiro atoms. The minimum atomic E-state index is -0.0390. The fraction of sp³-hybridized carbons (Fsp3) is 0.500. The molecule has 0 saturated heterocycles. The molecule has 0 aliphatic rings. The number of halogens is 3. The van der Waals surface area contributed by atoms with Crippen molar-refractivity contribution < 1.29 is 4.79 Å². The Bertz CT molecular complexity index is 434. The molecule has 106 valence electrons. The first-order chi connectivity index (χ1) is 8.74. The number of carbonyl (C=O) groups is 1. The van der Waals surface area contributed by atoms with Gasteiger partial charge in [-0.05, 0) is 30.0 Å². The van der Waals surface area contributed by atoms with Crippen LogP contribution >= 0.6 is 47.8 Å². The summed E-state index contributed by atoms with van der Waals surface area (Å²) in [5.74, 6) is -0.0390. The van der Waals surface area contributed by atoms with Crippen molar-refractivity contribution in [3.8, 4) is 0 Å². The van der Waals surface area contributed by atoms with Gasteiger partial charge in [-0.1, -0.05) is 68.6 Å². The van der Waals surface area contributed by atoms with Crippen LogP contribution in [0.25, 0.3) is 0 Å². The molecular formula is C14H18Br3NO. The molecule has 1 amide bonds. The van der Waals surface area contributed by atoms with Crippen molar-refractivity contribution >= 4 is 53.7 Å². The van der Waals surface area contributed by atoms with E-state index in [1.54, 1.807) is 0 Å². The fourth-order valence-corrected chi connectivity index (χ4v) is 3.51. The van der Waals surface area contributed by atoms with E-state index in [1.165, 1.54) is 0 Å². The lowest BCUT2D eigenvalue weighted by molar-refractivity contribution is 0.0900. The summed E-state index contributed by atoms with van der Waals surface area (Å²) in [6.45, 7) is 6.41. The Balaban J connectivity index is 2.87. The van der Waals surface area contributed by atoms with Gasteiger partial charge in [-0.15, -0.1) is 0 Å². The van der Waals surface area contributed by atoms with Gasteiger partial charge in [0.2, 0.25) is 0 Å². The third kappa shape index (κ3) is 5.56. The van der Waals surface area contributed by atoms with Crippen LogP contribution in [0.15, 0.2) is 27.1 Å². The number of benzene rings is 1. The molecule has 1 unspecified atom stereocenters. The first-order valence-corrected chi connectivity index (χ1v) is 8.77. The molecule has 0 bridgehead atoms. The molecule has 0 aliphatic heterocycles. The maximum Gasteiger partial charge on any atom is 0.251 e. The van der Waals surface area contributed by atoms with E-state index in [4.69, 9.17) is 0 Å². The molecule has 1 N–H and O–H groups in total. The van der Waals surface area contributed by atoms with Gasteiger partial charge in [-0.3, -0.25) is 4.79 Å². The SMILES string of the molecule is CC(C)(C)C(CCBr)NC(=O)c1cc(Br)cc(Br)c1. The van der Waals surface area contributed by atoms with Crippen LogP contribution in [0.5, 0.6) is 0 Å². The Hall–Kier alpha value is 0.130. The first kappa shape index (κ1) is 17.2. The standard InChI is InChI=1S/C14H18Br3NO/c1-14(2,3)12(4-5-15)18-13(19)9-6-10(16)8-11(17)7-9/h6-8,12H,4-5H2,1-3H3,(H,18,19). The number of alkyl halides is 1. The molecule has 0 aromatic heterocycles. The predicted molar refractivity (Wildman–Crippen MR) is 91.0 cm³/mol. The van der Waals surface area contributed by atoms with E-state index in [0.717, 1.165) is 20.7 Å². The minimum absolute atomic E-state index is 0.0344. The lowest BCUT2D eigenvalue weighted by Crippen LogP contribution is -2.44. The average molecular weight is 456 g/mol.